The summed E-state index contributed by atoms with van der Waals surface area (Å²) in [6, 6.07) is 7.40. The molecule has 0 atom stereocenters. The fourth-order valence-corrected chi connectivity index (χ4v) is 3.92. The molecule has 2 aliphatic rings. The van der Waals surface area contributed by atoms with Crippen LogP contribution >= 0.6 is 0 Å². The Kier molecular flexibility index (Phi) is 6.50. The van der Waals surface area contributed by atoms with Crippen LogP contribution in [0.3, 0.4) is 0 Å². The number of urea groups is 1. The molecular weight excluding hydrogens is 330 g/mol. The maximum Gasteiger partial charge on any atom is 0.337 e. The lowest BCUT2D eigenvalue weighted by atomic mass is 10.1. The highest BCUT2D eigenvalue weighted by atomic mass is 16.5. The molecule has 142 valence electrons. The van der Waals surface area contributed by atoms with E-state index in [4.69, 9.17) is 0 Å². The normalized spacial score (nSPS) is 19.7. The molecule has 1 aromatic carbocycles. The van der Waals surface area contributed by atoms with E-state index < -0.39 is 0 Å². The van der Waals surface area contributed by atoms with Gasteiger partial charge in [0, 0.05) is 37.9 Å². The van der Waals surface area contributed by atoms with Gasteiger partial charge in [0.15, 0.2) is 0 Å². The lowest BCUT2D eigenvalue weighted by molar-refractivity contribution is 0.0600. The molecule has 1 aromatic rings. The zero-order chi connectivity index (χ0) is 18.4. The SMILES string of the molecule is COC(=O)c1ccc(NC(=O)N2CCN(C3CCCCCC3)CC2)cc1. The van der Waals surface area contributed by atoms with E-state index in [0.29, 0.717) is 17.3 Å². The number of anilines is 1. The van der Waals surface area contributed by atoms with Gasteiger partial charge in [-0.05, 0) is 37.1 Å². The molecule has 1 saturated heterocycles. The molecule has 0 aromatic heterocycles. The number of nitrogens with one attached hydrogen (secondary N) is 1. The minimum Gasteiger partial charge on any atom is -0.465 e. The van der Waals surface area contributed by atoms with Crippen LogP contribution in [0.2, 0.25) is 0 Å². The summed E-state index contributed by atoms with van der Waals surface area (Å²) in [4.78, 5) is 28.4. The molecule has 0 unspecified atom stereocenters. The lowest BCUT2D eigenvalue weighted by Crippen LogP contribution is -2.52. The summed E-state index contributed by atoms with van der Waals surface area (Å²) in [7, 11) is 1.35. The number of carbonyl (C=O) groups is 2. The minimum atomic E-state index is -0.377. The molecule has 3 rings (SSSR count). The highest BCUT2D eigenvalue weighted by molar-refractivity contribution is 5.92. The van der Waals surface area contributed by atoms with Gasteiger partial charge in [0.1, 0.15) is 0 Å². The van der Waals surface area contributed by atoms with E-state index >= 15 is 0 Å². The summed E-state index contributed by atoms with van der Waals surface area (Å²) in [5.74, 6) is -0.377. The summed E-state index contributed by atoms with van der Waals surface area (Å²) in [5, 5.41) is 2.92. The number of nitrogens with zero attached hydrogens (tertiary/aromatic N) is 2. The first-order valence-corrected chi connectivity index (χ1v) is 9.66. The third-order valence-corrected chi connectivity index (χ3v) is 5.50. The summed E-state index contributed by atoms with van der Waals surface area (Å²) < 4.78 is 4.68. The molecule has 0 bridgehead atoms. The van der Waals surface area contributed by atoms with Gasteiger partial charge in [-0.25, -0.2) is 9.59 Å². The second-order valence-electron chi connectivity index (χ2n) is 7.17. The Morgan fingerprint density at radius 3 is 2.15 bits per heavy atom. The van der Waals surface area contributed by atoms with Crippen molar-refractivity contribution >= 4 is 17.7 Å². The molecule has 0 radical (unpaired) electrons. The molecule has 6 heteroatoms. The van der Waals surface area contributed by atoms with Crippen molar-refractivity contribution in [3.05, 3.63) is 29.8 Å². The molecule has 2 amide bonds. The van der Waals surface area contributed by atoms with Gasteiger partial charge in [0.25, 0.3) is 0 Å². The van der Waals surface area contributed by atoms with Gasteiger partial charge < -0.3 is 15.0 Å². The summed E-state index contributed by atoms with van der Waals surface area (Å²) in [5.41, 5.74) is 1.16. The zero-order valence-electron chi connectivity index (χ0n) is 15.6. The van der Waals surface area contributed by atoms with Crippen LogP contribution in [-0.4, -0.2) is 61.1 Å². The monoisotopic (exact) mass is 359 g/mol. The topological polar surface area (TPSA) is 61.9 Å². The van der Waals surface area contributed by atoms with Gasteiger partial charge in [0.05, 0.1) is 12.7 Å². The quantitative estimate of drug-likeness (QED) is 0.664. The smallest absolute Gasteiger partial charge is 0.337 e. The Balaban J connectivity index is 1.48. The Morgan fingerprint density at radius 1 is 0.962 bits per heavy atom. The number of carbonyl (C=O) groups excluding carboxylic acids is 2. The van der Waals surface area contributed by atoms with E-state index in [-0.39, 0.29) is 12.0 Å². The lowest BCUT2D eigenvalue weighted by Gasteiger charge is -2.39. The number of amides is 2. The fraction of sp³-hybridized carbons (Fsp3) is 0.600. The van der Waals surface area contributed by atoms with E-state index in [1.54, 1.807) is 24.3 Å². The summed E-state index contributed by atoms with van der Waals surface area (Å²) in [6.45, 7) is 3.45. The van der Waals surface area contributed by atoms with Crippen molar-refractivity contribution in [3.63, 3.8) is 0 Å². The third-order valence-electron chi connectivity index (χ3n) is 5.50. The molecule has 1 aliphatic carbocycles. The van der Waals surface area contributed by atoms with E-state index in [1.165, 1.54) is 45.6 Å². The van der Waals surface area contributed by atoms with Crippen LogP contribution in [0.15, 0.2) is 24.3 Å². The molecule has 2 fully saturated rings. The van der Waals surface area contributed by atoms with Gasteiger partial charge in [-0.2, -0.15) is 0 Å². The number of esters is 1. The van der Waals surface area contributed by atoms with Crippen molar-refractivity contribution in [1.82, 2.24) is 9.80 Å². The Morgan fingerprint density at radius 2 is 1.58 bits per heavy atom. The second kappa shape index (κ2) is 9.03. The van der Waals surface area contributed by atoms with Crippen LogP contribution in [0.4, 0.5) is 10.5 Å². The molecule has 26 heavy (non-hydrogen) atoms. The first-order valence-electron chi connectivity index (χ1n) is 9.66. The molecule has 6 nitrogen and oxygen atoms in total. The molecular formula is C20H29N3O3. The number of hydrogen-bond donors (Lipinski definition) is 1. The molecule has 1 N–H and O–H groups in total. The summed E-state index contributed by atoms with van der Waals surface area (Å²) in [6.07, 6.45) is 8.03. The van der Waals surface area contributed by atoms with Crippen LogP contribution < -0.4 is 5.32 Å². The number of methoxy groups -OCH3 is 1. The Bertz CT molecular complexity index is 601. The standard InChI is InChI=1S/C20H29N3O3/c1-26-19(24)16-8-10-17(11-9-16)21-20(25)23-14-12-22(13-15-23)18-6-4-2-3-5-7-18/h8-11,18H,2-7,12-15H2,1H3,(H,21,25). The fourth-order valence-electron chi connectivity index (χ4n) is 3.92. The van der Waals surface area contributed by atoms with Crippen molar-refractivity contribution in [3.8, 4) is 0 Å². The van der Waals surface area contributed by atoms with Crippen LogP contribution in [0, 0.1) is 0 Å². The maximum absolute atomic E-state index is 12.5. The number of rotatable bonds is 3. The van der Waals surface area contributed by atoms with Crippen molar-refractivity contribution in [2.45, 2.75) is 44.6 Å². The van der Waals surface area contributed by atoms with Crippen molar-refractivity contribution < 1.29 is 14.3 Å². The van der Waals surface area contributed by atoms with Crippen LogP contribution in [-0.2, 0) is 4.74 Å². The number of piperazine rings is 1. The average molecular weight is 359 g/mol. The van der Waals surface area contributed by atoms with Gasteiger partial charge in [-0.15, -0.1) is 0 Å². The predicted molar refractivity (Wildman–Crippen MR) is 101 cm³/mol. The van der Waals surface area contributed by atoms with Gasteiger partial charge in [0.2, 0.25) is 0 Å². The molecule has 0 spiro atoms. The van der Waals surface area contributed by atoms with Crippen molar-refractivity contribution in [2.24, 2.45) is 0 Å². The highest BCUT2D eigenvalue weighted by Crippen LogP contribution is 2.23. The van der Waals surface area contributed by atoms with E-state index in [9.17, 15) is 9.59 Å². The van der Waals surface area contributed by atoms with Gasteiger partial charge >= 0.3 is 12.0 Å². The van der Waals surface area contributed by atoms with Crippen LogP contribution in [0.1, 0.15) is 48.9 Å². The number of hydrogen-bond acceptors (Lipinski definition) is 4. The van der Waals surface area contributed by atoms with Crippen molar-refractivity contribution in [2.75, 3.05) is 38.6 Å². The number of benzene rings is 1. The largest absolute Gasteiger partial charge is 0.465 e. The zero-order valence-corrected chi connectivity index (χ0v) is 15.6. The first kappa shape index (κ1) is 18.7. The van der Waals surface area contributed by atoms with E-state index in [1.807, 2.05) is 4.90 Å². The average Bonchev–Trinajstić information content (AvgIpc) is 2.97. The van der Waals surface area contributed by atoms with E-state index in [0.717, 1.165) is 26.2 Å². The van der Waals surface area contributed by atoms with Crippen LogP contribution in [0.25, 0.3) is 0 Å². The molecule has 1 aliphatic heterocycles. The maximum atomic E-state index is 12.5. The van der Waals surface area contributed by atoms with Gasteiger partial charge in [-0.1, -0.05) is 25.7 Å². The molecule has 1 heterocycles. The third kappa shape index (κ3) is 4.75. The highest BCUT2D eigenvalue weighted by Gasteiger charge is 2.26. The van der Waals surface area contributed by atoms with Crippen molar-refractivity contribution in [1.29, 1.82) is 0 Å². The second-order valence-corrected chi connectivity index (χ2v) is 7.17. The first-order chi connectivity index (χ1) is 12.7. The number of ether oxygens (including phenoxy) is 1. The molecule has 1 saturated carbocycles. The Labute approximate surface area is 155 Å². The Hall–Kier alpha value is -2.08. The van der Waals surface area contributed by atoms with Gasteiger partial charge in [-0.3, -0.25) is 4.90 Å². The van der Waals surface area contributed by atoms with E-state index in [2.05, 4.69) is 15.0 Å². The predicted octanol–water partition coefficient (Wildman–Crippen LogP) is 3.35. The van der Waals surface area contributed by atoms with Crippen LogP contribution in [0.5, 0.6) is 0 Å². The summed E-state index contributed by atoms with van der Waals surface area (Å²) >= 11 is 0. The minimum absolute atomic E-state index is 0.0728.